The van der Waals surface area contributed by atoms with Gasteiger partial charge in [0.1, 0.15) is 0 Å². The number of hydrogen-bond acceptors (Lipinski definition) is 4. The number of nitrogens with zero attached hydrogens (tertiary/aromatic N) is 2. The van der Waals surface area contributed by atoms with E-state index in [1.54, 1.807) is 0 Å². The Bertz CT molecular complexity index is 631. The van der Waals surface area contributed by atoms with Gasteiger partial charge in [-0.25, -0.2) is 0 Å². The van der Waals surface area contributed by atoms with Gasteiger partial charge in [0.15, 0.2) is 0 Å². The second kappa shape index (κ2) is 4.72. The van der Waals surface area contributed by atoms with Crippen LogP contribution in [0, 0.1) is 0 Å². The number of benzene rings is 1. The van der Waals surface area contributed by atoms with E-state index in [1.807, 2.05) is 24.4 Å². The number of aromatic nitrogens is 1. The highest BCUT2D eigenvalue weighted by Crippen LogP contribution is 2.29. The summed E-state index contributed by atoms with van der Waals surface area (Å²) in [6.45, 7) is 3.01. The first-order valence-electron chi connectivity index (χ1n) is 7.29. The number of pyridine rings is 1. The lowest BCUT2D eigenvalue weighted by molar-refractivity contribution is -0.0409. The Hall–Kier alpha value is -1.65. The summed E-state index contributed by atoms with van der Waals surface area (Å²) in [7, 11) is 0. The van der Waals surface area contributed by atoms with Gasteiger partial charge in [-0.3, -0.25) is 9.88 Å². The summed E-state index contributed by atoms with van der Waals surface area (Å²) >= 11 is 0. The maximum Gasteiger partial charge on any atom is 0.0767 e. The van der Waals surface area contributed by atoms with Crippen molar-refractivity contribution in [3.8, 4) is 0 Å². The largest absolute Gasteiger partial charge is 0.398 e. The molecule has 4 rings (SSSR count). The molecule has 2 saturated heterocycles. The van der Waals surface area contributed by atoms with Gasteiger partial charge in [-0.1, -0.05) is 6.07 Å². The van der Waals surface area contributed by atoms with Crippen molar-refractivity contribution < 1.29 is 4.74 Å². The predicted molar refractivity (Wildman–Crippen MR) is 79.3 cm³/mol. The molecule has 104 valence electrons. The van der Waals surface area contributed by atoms with Gasteiger partial charge in [0.25, 0.3) is 0 Å². The Labute approximate surface area is 118 Å². The molecule has 2 N–H and O–H groups in total. The minimum absolute atomic E-state index is 0.432. The van der Waals surface area contributed by atoms with Crippen molar-refractivity contribution in [1.82, 2.24) is 9.88 Å². The molecule has 1 aromatic carbocycles. The average molecular weight is 269 g/mol. The van der Waals surface area contributed by atoms with Crippen LogP contribution in [0.3, 0.4) is 0 Å². The molecule has 2 atom stereocenters. The molecule has 2 unspecified atom stereocenters. The summed E-state index contributed by atoms with van der Waals surface area (Å²) in [5, 5.41) is 1.06. The van der Waals surface area contributed by atoms with Crippen molar-refractivity contribution in [2.45, 2.75) is 31.6 Å². The third-order valence-corrected chi connectivity index (χ3v) is 4.40. The highest BCUT2D eigenvalue weighted by atomic mass is 16.5. The Kier molecular flexibility index (Phi) is 2.86. The second-order valence-corrected chi connectivity index (χ2v) is 5.87. The predicted octanol–water partition coefficient (Wildman–Crippen LogP) is 2.18. The highest BCUT2D eigenvalue weighted by molar-refractivity contribution is 5.92. The van der Waals surface area contributed by atoms with Crippen molar-refractivity contribution in [2.24, 2.45) is 0 Å². The van der Waals surface area contributed by atoms with E-state index in [2.05, 4.69) is 16.0 Å². The Morgan fingerprint density at radius 1 is 1.20 bits per heavy atom. The minimum atomic E-state index is 0.432. The molecule has 4 heteroatoms. The Morgan fingerprint density at radius 2 is 2.00 bits per heavy atom. The number of hydrogen-bond donors (Lipinski definition) is 1. The molecule has 1 aromatic heterocycles. The van der Waals surface area contributed by atoms with Gasteiger partial charge < -0.3 is 10.5 Å². The van der Waals surface area contributed by atoms with Crippen molar-refractivity contribution in [3.63, 3.8) is 0 Å². The fraction of sp³-hybridized carbons (Fsp3) is 0.438. The van der Waals surface area contributed by atoms with E-state index in [9.17, 15) is 0 Å². The molecule has 0 radical (unpaired) electrons. The van der Waals surface area contributed by atoms with E-state index in [0.717, 1.165) is 36.2 Å². The SMILES string of the molecule is Nc1ccc(CN2CC3CCC(C2)O3)c2ncccc12. The van der Waals surface area contributed by atoms with Crippen LogP contribution in [0.1, 0.15) is 18.4 Å². The van der Waals surface area contributed by atoms with E-state index in [1.165, 1.54) is 18.4 Å². The van der Waals surface area contributed by atoms with Gasteiger partial charge >= 0.3 is 0 Å². The summed E-state index contributed by atoms with van der Waals surface area (Å²) in [5.74, 6) is 0. The summed E-state index contributed by atoms with van der Waals surface area (Å²) in [6.07, 6.45) is 5.13. The van der Waals surface area contributed by atoms with Crippen LogP contribution in [0.4, 0.5) is 5.69 Å². The molecule has 0 amide bonds. The Morgan fingerprint density at radius 3 is 2.80 bits per heavy atom. The number of nitrogen functional groups attached to an aromatic ring is 1. The fourth-order valence-corrected chi connectivity index (χ4v) is 3.45. The topological polar surface area (TPSA) is 51.4 Å². The molecule has 2 aliphatic rings. The third-order valence-electron chi connectivity index (χ3n) is 4.40. The van der Waals surface area contributed by atoms with Gasteiger partial charge in [-0.2, -0.15) is 0 Å². The first-order chi connectivity index (χ1) is 9.79. The number of likely N-dealkylation sites (tertiary alicyclic amines) is 1. The van der Waals surface area contributed by atoms with Crippen LogP contribution in [0.5, 0.6) is 0 Å². The standard InChI is InChI=1S/C16H19N3O/c17-15-6-3-11(16-14(15)2-1-7-18-16)8-19-9-12-4-5-13(10-19)20-12/h1-3,6-7,12-13H,4-5,8-10,17H2. The molecule has 0 saturated carbocycles. The van der Waals surface area contributed by atoms with Gasteiger partial charge in [0.05, 0.1) is 17.7 Å². The maximum absolute atomic E-state index is 6.04. The number of rotatable bonds is 2. The number of fused-ring (bicyclic) bond motifs is 3. The second-order valence-electron chi connectivity index (χ2n) is 5.87. The average Bonchev–Trinajstić information content (AvgIpc) is 2.81. The van der Waals surface area contributed by atoms with Crippen molar-refractivity contribution in [2.75, 3.05) is 18.8 Å². The highest BCUT2D eigenvalue weighted by Gasteiger charge is 2.33. The molecule has 2 fully saturated rings. The van der Waals surface area contributed by atoms with Crippen molar-refractivity contribution >= 4 is 16.6 Å². The smallest absolute Gasteiger partial charge is 0.0767 e. The van der Waals surface area contributed by atoms with Crippen molar-refractivity contribution in [1.29, 1.82) is 0 Å². The fourth-order valence-electron chi connectivity index (χ4n) is 3.45. The molecule has 2 aromatic rings. The monoisotopic (exact) mass is 269 g/mol. The normalized spacial score (nSPS) is 26.2. The summed E-state index contributed by atoms with van der Waals surface area (Å²) in [6, 6.07) is 8.10. The van der Waals surface area contributed by atoms with Gasteiger partial charge in [-0.05, 0) is 36.6 Å². The molecule has 4 nitrogen and oxygen atoms in total. The van der Waals surface area contributed by atoms with Crippen LogP contribution in [-0.2, 0) is 11.3 Å². The molecule has 0 aliphatic carbocycles. The number of nitrogens with two attached hydrogens (primary N) is 1. The zero-order chi connectivity index (χ0) is 13.5. The van der Waals surface area contributed by atoms with Crippen LogP contribution in [-0.4, -0.2) is 35.2 Å². The van der Waals surface area contributed by atoms with E-state index in [4.69, 9.17) is 10.5 Å². The van der Waals surface area contributed by atoms with E-state index < -0.39 is 0 Å². The number of anilines is 1. The third kappa shape index (κ3) is 2.05. The molecule has 3 heterocycles. The van der Waals surface area contributed by atoms with E-state index >= 15 is 0 Å². The van der Waals surface area contributed by atoms with E-state index in [-0.39, 0.29) is 0 Å². The summed E-state index contributed by atoms with van der Waals surface area (Å²) in [4.78, 5) is 7.01. The summed E-state index contributed by atoms with van der Waals surface area (Å²) in [5.41, 5.74) is 9.14. The summed E-state index contributed by atoms with van der Waals surface area (Å²) < 4.78 is 5.89. The lowest BCUT2D eigenvalue weighted by atomic mass is 10.1. The zero-order valence-electron chi connectivity index (χ0n) is 11.5. The zero-order valence-corrected chi connectivity index (χ0v) is 11.5. The number of ether oxygens (including phenoxy) is 1. The maximum atomic E-state index is 6.04. The molecule has 20 heavy (non-hydrogen) atoms. The van der Waals surface area contributed by atoms with Gasteiger partial charge in [0.2, 0.25) is 0 Å². The van der Waals surface area contributed by atoms with Gasteiger partial charge in [0, 0.05) is 36.9 Å². The number of morpholine rings is 1. The lowest BCUT2D eigenvalue weighted by Crippen LogP contribution is -2.42. The quantitative estimate of drug-likeness (QED) is 0.849. The van der Waals surface area contributed by atoms with Crippen LogP contribution < -0.4 is 5.73 Å². The minimum Gasteiger partial charge on any atom is -0.398 e. The van der Waals surface area contributed by atoms with Crippen LogP contribution >= 0.6 is 0 Å². The lowest BCUT2D eigenvalue weighted by Gasteiger charge is -2.32. The first-order valence-corrected chi connectivity index (χ1v) is 7.29. The molecular weight excluding hydrogens is 250 g/mol. The molecule has 2 aliphatic heterocycles. The van der Waals surface area contributed by atoms with Crippen LogP contribution in [0.2, 0.25) is 0 Å². The van der Waals surface area contributed by atoms with Crippen LogP contribution in [0.15, 0.2) is 30.5 Å². The van der Waals surface area contributed by atoms with Crippen LogP contribution in [0.25, 0.3) is 10.9 Å². The molecular formula is C16H19N3O. The Balaban J connectivity index is 1.64. The molecule has 0 spiro atoms. The van der Waals surface area contributed by atoms with E-state index in [0.29, 0.717) is 12.2 Å². The van der Waals surface area contributed by atoms with Crippen molar-refractivity contribution in [3.05, 3.63) is 36.0 Å². The first kappa shape index (κ1) is 12.1. The van der Waals surface area contributed by atoms with Gasteiger partial charge in [-0.15, -0.1) is 0 Å². The molecule has 2 bridgehead atoms.